The van der Waals surface area contributed by atoms with Crippen LogP contribution in [0, 0.1) is 0 Å². The Morgan fingerprint density at radius 2 is 2.10 bits per heavy atom. The third kappa shape index (κ3) is 2.84. The summed E-state index contributed by atoms with van der Waals surface area (Å²) < 4.78 is 2.30. The van der Waals surface area contributed by atoms with Crippen LogP contribution in [0.25, 0.3) is 0 Å². The van der Waals surface area contributed by atoms with Crippen LogP contribution >= 0.6 is 0 Å². The molecule has 0 bridgehead atoms. The van der Waals surface area contributed by atoms with Gasteiger partial charge in [0.05, 0.1) is 11.6 Å². The first-order valence-electron chi connectivity index (χ1n) is 10.8. The fourth-order valence-corrected chi connectivity index (χ4v) is 5.39. The van der Waals surface area contributed by atoms with Gasteiger partial charge in [0.25, 0.3) is 5.91 Å². The summed E-state index contributed by atoms with van der Waals surface area (Å²) in [7, 11) is 0. The average Bonchev–Trinajstić information content (AvgIpc) is 3.40. The first-order chi connectivity index (χ1) is 15.0. The van der Waals surface area contributed by atoms with Crippen molar-refractivity contribution in [1.82, 2.24) is 30.4 Å². The number of nitrogens with one attached hydrogen (secondary N) is 3. The predicted molar refractivity (Wildman–Crippen MR) is 110 cm³/mol. The molecule has 6 rings (SSSR count). The topological polar surface area (TPSA) is 108 Å². The molecule has 3 N–H and O–H groups in total. The van der Waals surface area contributed by atoms with Gasteiger partial charge in [-0.3, -0.25) is 19.7 Å². The number of fused-ring (bicyclic) bond motifs is 3. The van der Waals surface area contributed by atoms with E-state index in [-0.39, 0.29) is 35.7 Å². The van der Waals surface area contributed by atoms with Gasteiger partial charge in [0.1, 0.15) is 11.9 Å². The molecule has 2 unspecified atom stereocenters. The Labute approximate surface area is 179 Å². The SMILES string of the molecule is O=C1CCC(N2Cc3ccc(CNC4CC5(CNC5)n5ccnc54)cc3C2=O)C(=O)N1. The minimum absolute atomic E-state index is 0.137. The highest BCUT2D eigenvalue weighted by molar-refractivity contribution is 6.05. The summed E-state index contributed by atoms with van der Waals surface area (Å²) in [6.07, 6.45) is 5.58. The highest BCUT2D eigenvalue weighted by Crippen LogP contribution is 2.41. The first-order valence-corrected chi connectivity index (χ1v) is 10.8. The molecule has 2 fully saturated rings. The Morgan fingerprint density at radius 1 is 1.23 bits per heavy atom. The van der Waals surface area contributed by atoms with Gasteiger partial charge in [-0.1, -0.05) is 12.1 Å². The maximum atomic E-state index is 13.0. The van der Waals surface area contributed by atoms with E-state index < -0.39 is 6.04 Å². The van der Waals surface area contributed by atoms with Crippen molar-refractivity contribution < 1.29 is 14.4 Å². The quantitative estimate of drug-likeness (QED) is 0.609. The van der Waals surface area contributed by atoms with Crippen molar-refractivity contribution in [2.45, 2.75) is 50.0 Å². The molecule has 1 aromatic heterocycles. The van der Waals surface area contributed by atoms with Gasteiger partial charge >= 0.3 is 0 Å². The van der Waals surface area contributed by atoms with Crippen LogP contribution in [0.3, 0.4) is 0 Å². The highest BCUT2D eigenvalue weighted by atomic mass is 16.2. The predicted octanol–water partition coefficient (Wildman–Crippen LogP) is 0.177. The van der Waals surface area contributed by atoms with Gasteiger partial charge in [-0.25, -0.2) is 4.98 Å². The largest absolute Gasteiger partial charge is 0.325 e. The van der Waals surface area contributed by atoms with Crippen molar-refractivity contribution in [3.63, 3.8) is 0 Å². The fourth-order valence-electron chi connectivity index (χ4n) is 5.39. The highest BCUT2D eigenvalue weighted by Gasteiger charge is 2.48. The van der Waals surface area contributed by atoms with Gasteiger partial charge in [0, 0.05) is 50.6 Å². The minimum atomic E-state index is -0.580. The second kappa shape index (κ2) is 6.73. The zero-order valence-corrected chi connectivity index (χ0v) is 17.1. The molecule has 31 heavy (non-hydrogen) atoms. The lowest BCUT2D eigenvalue weighted by molar-refractivity contribution is -0.136. The van der Waals surface area contributed by atoms with Crippen molar-refractivity contribution in [3.05, 3.63) is 53.1 Å². The van der Waals surface area contributed by atoms with Gasteiger partial charge in [-0.2, -0.15) is 0 Å². The van der Waals surface area contributed by atoms with E-state index >= 15 is 0 Å². The number of carbonyl (C=O) groups is 3. The summed E-state index contributed by atoms with van der Waals surface area (Å²) in [5.74, 6) is 0.284. The average molecular weight is 420 g/mol. The number of hydrogen-bond acceptors (Lipinski definition) is 6. The van der Waals surface area contributed by atoms with Crippen molar-refractivity contribution >= 4 is 17.7 Å². The molecule has 0 aliphatic carbocycles. The number of piperidine rings is 1. The Balaban J connectivity index is 1.16. The monoisotopic (exact) mass is 420 g/mol. The van der Waals surface area contributed by atoms with E-state index in [1.807, 2.05) is 24.4 Å². The van der Waals surface area contributed by atoms with Gasteiger partial charge < -0.3 is 20.1 Å². The summed E-state index contributed by atoms with van der Waals surface area (Å²) in [5, 5.41) is 9.34. The van der Waals surface area contributed by atoms with Crippen LogP contribution in [-0.2, 0) is 28.2 Å². The summed E-state index contributed by atoms with van der Waals surface area (Å²) in [5.41, 5.74) is 2.74. The molecule has 160 valence electrons. The Bertz CT molecular complexity index is 1100. The van der Waals surface area contributed by atoms with E-state index in [0.29, 0.717) is 25.1 Å². The third-order valence-electron chi connectivity index (χ3n) is 7.13. The first kappa shape index (κ1) is 18.7. The minimum Gasteiger partial charge on any atom is -0.325 e. The normalized spacial score (nSPS) is 26.1. The second-order valence-corrected chi connectivity index (χ2v) is 9.01. The standard InChI is InChI=1S/C22H24N6O3/c29-18-4-3-17(20(30)26-18)27-10-14-2-1-13(7-15(14)21(27)31)9-25-16-8-22(11-23-12-22)28-6-5-24-19(16)28/h1-2,5-7,16-17,23,25H,3-4,8-12H2,(H,26,29,30). The zero-order chi connectivity index (χ0) is 21.2. The molecule has 2 aromatic rings. The number of amides is 3. The number of nitrogens with zero attached hydrogens (tertiary/aromatic N) is 3. The Hall–Kier alpha value is -3.04. The molecular weight excluding hydrogens is 396 g/mol. The summed E-state index contributed by atoms with van der Waals surface area (Å²) >= 11 is 0. The molecule has 1 spiro atoms. The lowest BCUT2D eigenvalue weighted by Crippen LogP contribution is -2.58. The molecule has 9 nitrogen and oxygen atoms in total. The summed E-state index contributed by atoms with van der Waals surface area (Å²) in [6, 6.07) is 5.54. The Kier molecular flexibility index (Phi) is 4.06. The summed E-state index contributed by atoms with van der Waals surface area (Å²) in [6.45, 7) is 2.99. The van der Waals surface area contributed by atoms with E-state index in [9.17, 15) is 14.4 Å². The van der Waals surface area contributed by atoms with Crippen LogP contribution in [0.1, 0.15) is 52.6 Å². The summed E-state index contributed by atoms with van der Waals surface area (Å²) in [4.78, 5) is 42.8. The lowest BCUT2D eigenvalue weighted by Gasteiger charge is -2.41. The van der Waals surface area contributed by atoms with Crippen LogP contribution < -0.4 is 16.0 Å². The molecule has 3 amide bonds. The lowest BCUT2D eigenvalue weighted by atomic mass is 9.88. The fraction of sp³-hybridized carbons (Fsp3) is 0.455. The maximum absolute atomic E-state index is 13.0. The molecule has 2 atom stereocenters. The van der Waals surface area contributed by atoms with Gasteiger partial charge in [0.15, 0.2) is 0 Å². The number of hydrogen-bond donors (Lipinski definition) is 3. The number of imidazole rings is 1. The van der Waals surface area contributed by atoms with Crippen LogP contribution in [-0.4, -0.2) is 51.3 Å². The smallest absolute Gasteiger partial charge is 0.255 e. The van der Waals surface area contributed by atoms with E-state index in [2.05, 4.69) is 31.7 Å². The van der Waals surface area contributed by atoms with Crippen molar-refractivity contribution in [2.24, 2.45) is 0 Å². The number of benzene rings is 1. The number of carbonyl (C=O) groups excluding carboxylic acids is 3. The van der Waals surface area contributed by atoms with Crippen LogP contribution in [0.15, 0.2) is 30.6 Å². The van der Waals surface area contributed by atoms with Gasteiger partial charge in [-0.05, 0) is 30.0 Å². The molecule has 0 saturated carbocycles. The zero-order valence-electron chi connectivity index (χ0n) is 17.1. The van der Waals surface area contributed by atoms with Crippen LogP contribution in [0.4, 0.5) is 0 Å². The molecule has 1 aromatic carbocycles. The third-order valence-corrected chi connectivity index (χ3v) is 7.13. The van der Waals surface area contributed by atoms with Gasteiger partial charge in [0.2, 0.25) is 11.8 Å². The number of imide groups is 1. The Morgan fingerprint density at radius 3 is 2.87 bits per heavy atom. The van der Waals surface area contributed by atoms with Gasteiger partial charge in [-0.15, -0.1) is 0 Å². The maximum Gasteiger partial charge on any atom is 0.255 e. The molecule has 2 saturated heterocycles. The van der Waals surface area contributed by atoms with E-state index in [1.165, 1.54) is 0 Å². The molecule has 9 heteroatoms. The molecular formula is C22H24N6O3. The van der Waals surface area contributed by atoms with E-state index in [4.69, 9.17) is 0 Å². The number of rotatable bonds is 4. The molecule has 5 heterocycles. The van der Waals surface area contributed by atoms with Crippen molar-refractivity contribution in [2.75, 3.05) is 13.1 Å². The number of aromatic nitrogens is 2. The van der Waals surface area contributed by atoms with Crippen molar-refractivity contribution in [3.8, 4) is 0 Å². The van der Waals surface area contributed by atoms with Crippen LogP contribution in [0.5, 0.6) is 0 Å². The molecule has 4 aliphatic rings. The molecule has 4 aliphatic heterocycles. The molecule has 0 radical (unpaired) electrons. The van der Waals surface area contributed by atoms with Crippen molar-refractivity contribution in [1.29, 1.82) is 0 Å². The van der Waals surface area contributed by atoms with Crippen LogP contribution in [0.2, 0.25) is 0 Å². The van der Waals surface area contributed by atoms with E-state index in [1.54, 1.807) is 4.90 Å². The second-order valence-electron chi connectivity index (χ2n) is 9.01. The van der Waals surface area contributed by atoms with E-state index in [0.717, 1.165) is 36.5 Å².